The molecule has 1 saturated heterocycles. The summed E-state index contributed by atoms with van der Waals surface area (Å²) in [6.45, 7) is 4.85. The third kappa shape index (κ3) is 3.14. The van der Waals surface area contributed by atoms with Gasteiger partial charge in [0.25, 0.3) is 5.91 Å². The molecule has 5 heteroatoms. The highest BCUT2D eigenvalue weighted by Crippen LogP contribution is 2.27. The minimum atomic E-state index is -0.320. The van der Waals surface area contributed by atoms with Crippen molar-refractivity contribution in [3.05, 3.63) is 34.7 Å². The van der Waals surface area contributed by atoms with Gasteiger partial charge in [0, 0.05) is 17.6 Å². The first-order valence-corrected chi connectivity index (χ1v) is 7.97. The molecule has 2 heterocycles. The predicted molar refractivity (Wildman–Crippen MR) is 84.6 cm³/mol. The molecule has 1 atom stereocenters. The lowest BCUT2D eigenvalue weighted by atomic mass is 10.1. The van der Waals surface area contributed by atoms with Gasteiger partial charge in [-0.15, -0.1) is 11.3 Å². The molecule has 1 fully saturated rings. The highest BCUT2D eigenvalue weighted by Gasteiger charge is 2.24. The fourth-order valence-electron chi connectivity index (χ4n) is 2.33. The number of aromatic nitrogens is 1. The molecular formula is C16H18N2O2S. The first kappa shape index (κ1) is 14.2. The number of benzene rings is 1. The Bertz CT molecular complexity index is 660. The van der Waals surface area contributed by atoms with Gasteiger partial charge >= 0.3 is 0 Å². The zero-order valence-electron chi connectivity index (χ0n) is 12.2. The molecule has 21 heavy (non-hydrogen) atoms. The Hall–Kier alpha value is -1.72. The lowest BCUT2D eigenvalue weighted by Gasteiger charge is -2.07. The van der Waals surface area contributed by atoms with E-state index in [1.165, 1.54) is 22.5 Å². The van der Waals surface area contributed by atoms with Crippen molar-refractivity contribution in [2.24, 2.45) is 0 Å². The summed E-state index contributed by atoms with van der Waals surface area (Å²) in [5.74, 6) is -0.0894. The number of rotatable bonds is 3. The molecule has 0 saturated carbocycles. The third-order valence-corrected chi connectivity index (χ3v) is 4.52. The van der Waals surface area contributed by atoms with Crippen LogP contribution in [0.5, 0.6) is 0 Å². The number of hydrogen-bond acceptors (Lipinski definition) is 4. The number of hydrogen-bond donors (Lipinski definition) is 1. The van der Waals surface area contributed by atoms with E-state index in [-0.39, 0.29) is 12.0 Å². The number of carbonyl (C=O) groups excluding carboxylic acids is 1. The summed E-state index contributed by atoms with van der Waals surface area (Å²) in [6, 6.07) is 6.27. The molecular weight excluding hydrogens is 284 g/mol. The van der Waals surface area contributed by atoms with Crippen molar-refractivity contribution in [3.8, 4) is 11.3 Å². The molecule has 1 aliphatic heterocycles. The Kier molecular flexibility index (Phi) is 4.03. The monoisotopic (exact) mass is 302 g/mol. The lowest BCUT2D eigenvalue weighted by molar-refractivity contribution is -0.124. The summed E-state index contributed by atoms with van der Waals surface area (Å²) in [4.78, 5) is 16.5. The normalized spacial score (nSPS) is 17.9. The minimum Gasteiger partial charge on any atom is -0.368 e. The highest BCUT2D eigenvalue weighted by atomic mass is 32.1. The molecule has 1 aliphatic rings. The van der Waals surface area contributed by atoms with Gasteiger partial charge in [-0.1, -0.05) is 12.1 Å². The van der Waals surface area contributed by atoms with Crippen LogP contribution >= 0.6 is 11.3 Å². The molecule has 2 aromatic rings. The van der Waals surface area contributed by atoms with Gasteiger partial charge < -0.3 is 4.74 Å². The molecule has 1 N–H and O–H groups in total. The lowest BCUT2D eigenvalue weighted by Crippen LogP contribution is -2.26. The van der Waals surface area contributed by atoms with E-state index in [4.69, 9.17) is 4.74 Å². The largest absolute Gasteiger partial charge is 0.368 e. The van der Waals surface area contributed by atoms with Crippen LogP contribution < -0.4 is 5.32 Å². The number of nitrogens with one attached hydrogen (secondary N) is 1. The van der Waals surface area contributed by atoms with Gasteiger partial charge in [0.2, 0.25) is 0 Å². The number of aryl methyl sites for hydroxylation is 2. The standard InChI is InChI=1S/C16H18N2O2S/c1-10-5-6-12(8-11(10)2)13-9-21-16(17-13)18-15(19)14-4-3-7-20-14/h5-6,8-9,14H,3-4,7H2,1-2H3,(H,17,18,19)/t14-/m1/s1. The third-order valence-electron chi connectivity index (χ3n) is 3.76. The van der Waals surface area contributed by atoms with Crippen molar-refractivity contribution < 1.29 is 9.53 Å². The average Bonchev–Trinajstić information content (AvgIpc) is 3.12. The van der Waals surface area contributed by atoms with E-state index in [1.807, 2.05) is 5.38 Å². The van der Waals surface area contributed by atoms with Gasteiger partial charge in [-0.3, -0.25) is 10.1 Å². The zero-order chi connectivity index (χ0) is 14.8. The quantitative estimate of drug-likeness (QED) is 0.943. The first-order chi connectivity index (χ1) is 10.1. The molecule has 0 bridgehead atoms. The Morgan fingerprint density at radius 3 is 2.95 bits per heavy atom. The van der Waals surface area contributed by atoms with Gasteiger partial charge in [0.15, 0.2) is 5.13 Å². The first-order valence-electron chi connectivity index (χ1n) is 7.09. The van der Waals surface area contributed by atoms with Crippen LogP contribution in [0.4, 0.5) is 5.13 Å². The Morgan fingerprint density at radius 2 is 2.24 bits per heavy atom. The average molecular weight is 302 g/mol. The van der Waals surface area contributed by atoms with Crippen LogP contribution in [0, 0.1) is 13.8 Å². The molecule has 4 nitrogen and oxygen atoms in total. The molecule has 1 aromatic carbocycles. The van der Waals surface area contributed by atoms with E-state index in [2.05, 4.69) is 42.3 Å². The molecule has 0 aliphatic carbocycles. The van der Waals surface area contributed by atoms with Crippen molar-refractivity contribution >= 4 is 22.4 Å². The maximum atomic E-state index is 12.0. The second-order valence-electron chi connectivity index (χ2n) is 5.33. The van der Waals surface area contributed by atoms with Crippen LogP contribution in [0.1, 0.15) is 24.0 Å². The van der Waals surface area contributed by atoms with Crippen molar-refractivity contribution in [1.82, 2.24) is 4.98 Å². The zero-order valence-corrected chi connectivity index (χ0v) is 13.0. The smallest absolute Gasteiger partial charge is 0.255 e. The molecule has 1 aromatic heterocycles. The van der Waals surface area contributed by atoms with Gasteiger partial charge in [0.05, 0.1) is 5.69 Å². The van der Waals surface area contributed by atoms with Crippen LogP contribution in [-0.2, 0) is 9.53 Å². The van der Waals surface area contributed by atoms with E-state index in [9.17, 15) is 4.79 Å². The Balaban J connectivity index is 1.73. The summed E-state index contributed by atoms with van der Waals surface area (Å²) in [5, 5.41) is 5.44. The molecule has 1 amide bonds. The second kappa shape index (κ2) is 5.95. The molecule has 0 unspecified atom stereocenters. The molecule has 0 spiro atoms. The van der Waals surface area contributed by atoms with E-state index < -0.39 is 0 Å². The SMILES string of the molecule is Cc1ccc(-c2csc(NC(=O)[C@H]3CCCO3)n2)cc1C. The molecule has 3 rings (SSSR count). The summed E-state index contributed by atoms with van der Waals surface area (Å²) >= 11 is 1.44. The van der Waals surface area contributed by atoms with Crippen LogP contribution in [0.15, 0.2) is 23.6 Å². The topological polar surface area (TPSA) is 51.2 Å². The molecule has 0 radical (unpaired) electrons. The van der Waals surface area contributed by atoms with Crippen LogP contribution in [0.2, 0.25) is 0 Å². The summed E-state index contributed by atoms with van der Waals surface area (Å²) in [5.41, 5.74) is 4.48. The maximum absolute atomic E-state index is 12.0. The van der Waals surface area contributed by atoms with Gasteiger partial charge in [-0.2, -0.15) is 0 Å². The number of ether oxygens (including phenoxy) is 1. The van der Waals surface area contributed by atoms with E-state index >= 15 is 0 Å². The van der Waals surface area contributed by atoms with Gasteiger partial charge in [-0.25, -0.2) is 4.98 Å². The molecule has 110 valence electrons. The number of amides is 1. The van der Waals surface area contributed by atoms with Crippen LogP contribution in [0.3, 0.4) is 0 Å². The minimum absolute atomic E-state index is 0.0894. The van der Waals surface area contributed by atoms with E-state index in [0.717, 1.165) is 24.1 Å². The fourth-order valence-corrected chi connectivity index (χ4v) is 3.06. The second-order valence-corrected chi connectivity index (χ2v) is 6.19. The summed E-state index contributed by atoms with van der Waals surface area (Å²) < 4.78 is 5.37. The predicted octanol–water partition coefficient (Wildman–Crippen LogP) is 3.54. The van der Waals surface area contributed by atoms with Crippen molar-refractivity contribution in [2.45, 2.75) is 32.8 Å². The number of anilines is 1. The summed E-state index contributed by atoms with van der Waals surface area (Å²) in [6.07, 6.45) is 1.42. The van der Waals surface area contributed by atoms with Crippen LogP contribution in [-0.4, -0.2) is 23.6 Å². The fraction of sp³-hybridized carbons (Fsp3) is 0.375. The van der Waals surface area contributed by atoms with E-state index in [0.29, 0.717) is 11.7 Å². The number of carbonyl (C=O) groups is 1. The number of thiazole rings is 1. The Morgan fingerprint density at radius 1 is 1.38 bits per heavy atom. The summed E-state index contributed by atoms with van der Waals surface area (Å²) in [7, 11) is 0. The van der Waals surface area contributed by atoms with Crippen molar-refractivity contribution in [2.75, 3.05) is 11.9 Å². The van der Waals surface area contributed by atoms with Crippen LogP contribution in [0.25, 0.3) is 11.3 Å². The van der Waals surface area contributed by atoms with Gasteiger partial charge in [-0.05, 0) is 43.9 Å². The Labute approximate surface area is 128 Å². The maximum Gasteiger partial charge on any atom is 0.255 e. The van der Waals surface area contributed by atoms with Crippen molar-refractivity contribution in [3.63, 3.8) is 0 Å². The highest BCUT2D eigenvalue weighted by molar-refractivity contribution is 7.14. The van der Waals surface area contributed by atoms with Crippen molar-refractivity contribution in [1.29, 1.82) is 0 Å². The van der Waals surface area contributed by atoms with E-state index in [1.54, 1.807) is 0 Å². The number of nitrogens with zero attached hydrogens (tertiary/aromatic N) is 1. The van der Waals surface area contributed by atoms with Gasteiger partial charge in [0.1, 0.15) is 6.10 Å².